The molecule has 0 amide bonds. The average molecular weight is 277 g/mol. The Hall–Kier alpha value is -1.60. The Morgan fingerprint density at radius 3 is 3.00 bits per heavy atom. The first-order valence-corrected chi connectivity index (χ1v) is 7.25. The molecule has 0 bridgehead atoms. The fourth-order valence-corrected chi connectivity index (χ4v) is 2.61. The smallest absolute Gasteiger partial charge is 0.264 e. The maximum atomic E-state index is 10.9. The molecular formula is C12H15N5OS. The number of H-pyrrole nitrogens is 1. The summed E-state index contributed by atoms with van der Waals surface area (Å²) in [5, 5.41) is 19.9. The number of aryl methyl sites for hydroxylation is 1. The van der Waals surface area contributed by atoms with Crippen LogP contribution in [-0.4, -0.2) is 33.0 Å². The molecule has 1 saturated carbocycles. The molecule has 2 N–H and O–H groups in total. The molecule has 0 unspecified atom stereocenters. The number of aromatic nitrogens is 4. The van der Waals surface area contributed by atoms with E-state index in [4.69, 9.17) is 0 Å². The zero-order valence-electron chi connectivity index (χ0n) is 10.4. The average Bonchev–Trinajstić information content (AvgIpc) is 3.13. The second-order valence-corrected chi connectivity index (χ2v) is 5.70. The van der Waals surface area contributed by atoms with Gasteiger partial charge in [-0.2, -0.15) is 5.10 Å². The zero-order chi connectivity index (χ0) is 13.1. The van der Waals surface area contributed by atoms with Crippen molar-refractivity contribution in [1.82, 2.24) is 25.7 Å². The van der Waals surface area contributed by atoms with Crippen molar-refractivity contribution in [2.45, 2.75) is 31.7 Å². The molecule has 0 aromatic carbocycles. The summed E-state index contributed by atoms with van der Waals surface area (Å²) in [7, 11) is 0. The minimum atomic E-state index is -0.209. The highest BCUT2D eigenvalue weighted by atomic mass is 32.1. The molecule has 0 aliphatic heterocycles. The van der Waals surface area contributed by atoms with E-state index in [9.17, 15) is 4.79 Å². The van der Waals surface area contributed by atoms with Gasteiger partial charge in [-0.15, -0.1) is 10.2 Å². The number of nitrogens with zero attached hydrogens (tertiary/aromatic N) is 3. The molecule has 1 fully saturated rings. The van der Waals surface area contributed by atoms with Crippen LogP contribution in [0.15, 0.2) is 16.9 Å². The molecule has 19 heavy (non-hydrogen) atoms. The van der Waals surface area contributed by atoms with Crippen LogP contribution in [0, 0.1) is 0 Å². The van der Waals surface area contributed by atoms with Gasteiger partial charge in [0.1, 0.15) is 10.7 Å². The molecule has 0 saturated heterocycles. The third kappa shape index (κ3) is 3.45. The van der Waals surface area contributed by atoms with Crippen LogP contribution in [-0.2, 0) is 6.42 Å². The number of hydrogen-bond donors (Lipinski definition) is 2. The van der Waals surface area contributed by atoms with Gasteiger partial charge >= 0.3 is 0 Å². The first kappa shape index (κ1) is 12.4. The van der Waals surface area contributed by atoms with Gasteiger partial charge in [0.05, 0.1) is 0 Å². The van der Waals surface area contributed by atoms with Gasteiger partial charge in [-0.1, -0.05) is 11.3 Å². The van der Waals surface area contributed by atoms with E-state index in [0.717, 1.165) is 35.4 Å². The van der Waals surface area contributed by atoms with Crippen molar-refractivity contribution in [2.24, 2.45) is 0 Å². The molecule has 6 nitrogen and oxygen atoms in total. The van der Waals surface area contributed by atoms with Crippen molar-refractivity contribution < 1.29 is 0 Å². The minimum Gasteiger partial charge on any atom is -0.314 e. The molecule has 0 radical (unpaired) electrons. The van der Waals surface area contributed by atoms with E-state index in [1.165, 1.54) is 30.2 Å². The summed E-state index contributed by atoms with van der Waals surface area (Å²) in [6.45, 7) is 1.04. The molecule has 2 heterocycles. The maximum absolute atomic E-state index is 10.9. The highest BCUT2D eigenvalue weighted by Gasteiger charge is 2.19. The summed E-state index contributed by atoms with van der Waals surface area (Å²) in [6, 6.07) is 3.87. The molecule has 1 aliphatic carbocycles. The molecule has 7 heteroatoms. The third-order valence-electron chi connectivity index (χ3n) is 2.94. The number of nitrogens with one attached hydrogen (secondary N) is 2. The standard InChI is InChI=1S/C12H15N5OS/c18-10-6-5-9(14-15-10)12-17-16-11(19-12)2-1-7-13-8-3-4-8/h5-6,8,13H,1-4,7H2,(H,15,18). The van der Waals surface area contributed by atoms with Gasteiger partial charge in [0.2, 0.25) is 0 Å². The molecule has 1 aliphatic rings. The quantitative estimate of drug-likeness (QED) is 0.769. The van der Waals surface area contributed by atoms with Gasteiger partial charge in [0.15, 0.2) is 5.01 Å². The van der Waals surface area contributed by atoms with Gasteiger partial charge < -0.3 is 5.32 Å². The van der Waals surface area contributed by atoms with Crippen LogP contribution in [0.1, 0.15) is 24.3 Å². The summed E-state index contributed by atoms with van der Waals surface area (Å²) >= 11 is 1.53. The largest absolute Gasteiger partial charge is 0.314 e. The van der Waals surface area contributed by atoms with Crippen molar-refractivity contribution in [3.8, 4) is 10.7 Å². The van der Waals surface area contributed by atoms with Crippen molar-refractivity contribution in [1.29, 1.82) is 0 Å². The lowest BCUT2D eigenvalue weighted by Gasteiger charge is -1.99. The number of rotatable bonds is 6. The summed E-state index contributed by atoms with van der Waals surface area (Å²) in [4.78, 5) is 10.9. The third-order valence-corrected chi connectivity index (χ3v) is 3.95. The predicted octanol–water partition coefficient (Wildman–Crippen LogP) is 0.973. The van der Waals surface area contributed by atoms with E-state index in [1.54, 1.807) is 6.07 Å². The van der Waals surface area contributed by atoms with Crippen molar-refractivity contribution in [2.75, 3.05) is 6.54 Å². The Bertz CT molecular complexity index is 584. The first-order valence-electron chi connectivity index (χ1n) is 6.43. The fourth-order valence-electron chi connectivity index (χ4n) is 1.75. The van der Waals surface area contributed by atoms with Crippen molar-refractivity contribution in [3.63, 3.8) is 0 Å². The first-order chi connectivity index (χ1) is 9.31. The number of aromatic amines is 1. The van der Waals surface area contributed by atoms with E-state index in [2.05, 4.69) is 25.7 Å². The highest BCUT2D eigenvalue weighted by Crippen LogP contribution is 2.21. The van der Waals surface area contributed by atoms with Gasteiger partial charge in [0.25, 0.3) is 5.56 Å². The van der Waals surface area contributed by atoms with E-state index >= 15 is 0 Å². The van der Waals surface area contributed by atoms with E-state index in [-0.39, 0.29) is 5.56 Å². The van der Waals surface area contributed by atoms with Crippen LogP contribution >= 0.6 is 11.3 Å². The molecule has 3 rings (SSSR count). The second kappa shape index (κ2) is 5.58. The summed E-state index contributed by atoms with van der Waals surface area (Å²) in [5.41, 5.74) is 0.457. The molecule has 0 spiro atoms. The van der Waals surface area contributed by atoms with Crippen LogP contribution in [0.4, 0.5) is 0 Å². The lowest BCUT2D eigenvalue weighted by Crippen LogP contribution is -2.17. The Morgan fingerprint density at radius 1 is 1.37 bits per heavy atom. The molecule has 0 atom stereocenters. The molecular weight excluding hydrogens is 262 g/mol. The predicted molar refractivity (Wildman–Crippen MR) is 73.1 cm³/mol. The van der Waals surface area contributed by atoms with Crippen LogP contribution in [0.5, 0.6) is 0 Å². The fraction of sp³-hybridized carbons (Fsp3) is 0.500. The minimum absolute atomic E-state index is 0.209. The zero-order valence-corrected chi connectivity index (χ0v) is 11.2. The normalized spacial score (nSPS) is 14.7. The van der Waals surface area contributed by atoms with E-state index < -0.39 is 0 Å². The monoisotopic (exact) mass is 277 g/mol. The van der Waals surface area contributed by atoms with Crippen LogP contribution in [0.25, 0.3) is 10.7 Å². The molecule has 100 valence electrons. The van der Waals surface area contributed by atoms with E-state index in [0.29, 0.717) is 5.69 Å². The molecule has 2 aromatic heterocycles. The summed E-state index contributed by atoms with van der Waals surface area (Å²) in [5.74, 6) is 0. The molecule has 2 aromatic rings. The Balaban J connectivity index is 1.55. The summed E-state index contributed by atoms with van der Waals surface area (Å²) < 4.78 is 0. The van der Waals surface area contributed by atoms with Crippen molar-refractivity contribution >= 4 is 11.3 Å². The maximum Gasteiger partial charge on any atom is 0.264 e. The van der Waals surface area contributed by atoms with Gasteiger partial charge in [-0.05, 0) is 31.9 Å². The Morgan fingerprint density at radius 2 is 2.26 bits per heavy atom. The van der Waals surface area contributed by atoms with Gasteiger partial charge in [0, 0.05) is 18.5 Å². The second-order valence-electron chi connectivity index (χ2n) is 4.64. The number of hydrogen-bond acceptors (Lipinski definition) is 6. The van der Waals surface area contributed by atoms with E-state index in [1.807, 2.05) is 0 Å². The lowest BCUT2D eigenvalue weighted by atomic mass is 10.3. The Labute approximate surface area is 114 Å². The SMILES string of the molecule is O=c1ccc(-c2nnc(CCCNC3CC3)s2)n[nH]1. The van der Waals surface area contributed by atoms with Crippen LogP contribution < -0.4 is 10.9 Å². The summed E-state index contributed by atoms with van der Waals surface area (Å²) in [6.07, 6.45) is 4.65. The van der Waals surface area contributed by atoms with Crippen molar-refractivity contribution in [3.05, 3.63) is 27.5 Å². The van der Waals surface area contributed by atoms with Crippen LogP contribution in [0.3, 0.4) is 0 Å². The lowest BCUT2D eigenvalue weighted by molar-refractivity contribution is 0.643. The van der Waals surface area contributed by atoms with Gasteiger partial charge in [-0.25, -0.2) is 5.10 Å². The Kier molecular flexibility index (Phi) is 3.65. The highest BCUT2D eigenvalue weighted by molar-refractivity contribution is 7.14. The van der Waals surface area contributed by atoms with Crippen LogP contribution in [0.2, 0.25) is 0 Å². The topological polar surface area (TPSA) is 83.6 Å². The van der Waals surface area contributed by atoms with Gasteiger partial charge in [-0.3, -0.25) is 4.79 Å².